The number of anilines is 1. The maximum Gasteiger partial charge on any atom is 0.278 e. The van der Waals surface area contributed by atoms with Crippen LogP contribution in [0.25, 0.3) is 10.8 Å². The van der Waals surface area contributed by atoms with E-state index in [9.17, 15) is 4.79 Å². The fourth-order valence-electron chi connectivity index (χ4n) is 3.74. The number of aryl methyl sites for hydroxylation is 1. The number of hydrogen-bond acceptors (Lipinski definition) is 5. The van der Waals surface area contributed by atoms with Crippen molar-refractivity contribution < 1.29 is 14.1 Å². The van der Waals surface area contributed by atoms with Crippen molar-refractivity contribution in [1.29, 1.82) is 0 Å². The molecule has 0 unspecified atom stereocenters. The van der Waals surface area contributed by atoms with Crippen molar-refractivity contribution in [2.75, 3.05) is 5.32 Å². The first-order valence-electron chi connectivity index (χ1n) is 10.7. The molecule has 0 saturated carbocycles. The number of halogens is 1. The van der Waals surface area contributed by atoms with Gasteiger partial charge in [-0.2, -0.15) is 5.10 Å². The Morgan fingerprint density at radius 2 is 1.88 bits per heavy atom. The standard InChI is InChI=1S/C26H21ClN4O3/c1-17-24(16-33-22-11-9-20(27)10-12-22)25(30-34-17)26(32)29-21-13-28-31(15-21)14-19-7-4-6-18-5-2-3-8-23(18)19/h2-13,15H,14,16H2,1H3,(H,29,32). The highest BCUT2D eigenvalue weighted by atomic mass is 35.5. The van der Waals surface area contributed by atoms with Gasteiger partial charge in [-0.1, -0.05) is 59.2 Å². The predicted octanol–water partition coefficient (Wildman–Crippen LogP) is 5.87. The number of aromatic nitrogens is 3. The Morgan fingerprint density at radius 3 is 2.74 bits per heavy atom. The number of carbonyl (C=O) groups is 1. The summed E-state index contributed by atoms with van der Waals surface area (Å²) in [6, 6.07) is 21.4. The molecule has 0 fully saturated rings. The zero-order valence-corrected chi connectivity index (χ0v) is 19.1. The van der Waals surface area contributed by atoms with Crippen LogP contribution in [-0.4, -0.2) is 20.8 Å². The number of hydrogen-bond donors (Lipinski definition) is 1. The van der Waals surface area contributed by atoms with Gasteiger partial charge in [0.05, 0.1) is 24.0 Å². The van der Waals surface area contributed by atoms with Crippen molar-refractivity contribution in [3.63, 3.8) is 0 Å². The van der Waals surface area contributed by atoms with E-state index in [1.165, 1.54) is 10.8 Å². The monoisotopic (exact) mass is 472 g/mol. The molecule has 0 atom stereocenters. The second kappa shape index (κ2) is 9.41. The van der Waals surface area contributed by atoms with E-state index < -0.39 is 5.91 Å². The average Bonchev–Trinajstić information content (AvgIpc) is 3.44. The first-order valence-corrected chi connectivity index (χ1v) is 11.1. The number of nitrogens with zero attached hydrogens (tertiary/aromatic N) is 3. The molecule has 0 bridgehead atoms. The lowest BCUT2D eigenvalue weighted by Crippen LogP contribution is -2.15. The van der Waals surface area contributed by atoms with Gasteiger partial charge < -0.3 is 14.6 Å². The summed E-state index contributed by atoms with van der Waals surface area (Å²) in [5, 5.41) is 14.1. The topological polar surface area (TPSA) is 82.2 Å². The van der Waals surface area contributed by atoms with Crippen molar-refractivity contribution in [2.24, 2.45) is 0 Å². The molecule has 7 nitrogen and oxygen atoms in total. The van der Waals surface area contributed by atoms with Crippen LogP contribution >= 0.6 is 11.6 Å². The lowest BCUT2D eigenvalue weighted by molar-refractivity contribution is 0.101. The molecule has 0 spiro atoms. The maximum atomic E-state index is 12.9. The van der Waals surface area contributed by atoms with Gasteiger partial charge in [0, 0.05) is 11.2 Å². The molecule has 170 valence electrons. The summed E-state index contributed by atoms with van der Waals surface area (Å²) in [6.45, 7) is 2.47. The second-order valence-corrected chi connectivity index (χ2v) is 8.26. The summed E-state index contributed by atoms with van der Waals surface area (Å²) < 4.78 is 12.8. The van der Waals surface area contributed by atoms with Gasteiger partial charge in [-0.3, -0.25) is 9.48 Å². The predicted molar refractivity (Wildman–Crippen MR) is 130 cm³/mol. The van der Waals surface area contributed by atoms with E-state index in [0.29, 0.717) is 34.3 Å². The van der Waals surface area contributed by atoms with Crippen LogP contribution in [0.2, 0.25) is 5.02 Å². The highest BCUT2D eigenvalue weighted by molar-refractivity contribution is 6.30. The highest BCUT2D eigenvalue weighted by Crippen LogP contribution is 2.22. The minimum atomic E-state index is -0.392. The third kappa shape index (κ3) is 4.65. The van der Waals surface area contributed by atoms with E-state index in [1.807, 2.05) is 18.2 Å². The Hall–Kier alpha value is -4.10. The normalized spacial score (nSPS) is 11.0. The second-order valence-electron chi connectivity index (χ2n) is 7.83. The fraction of sp³-hybridized carbons (Fsp3) is 0.115. The molecule has 2 heterocycles. The lowest BCUT2D eigenvalue weighted by Gasteiger charge is -2.07. The Balaban J connectivity index is 1.28. The number of fused-ring (bicyclic) bond motifs is 1. The molecule has 5 aromatic rings. The molecule has 0 aliphatic heterocycles. The first kappa shape index (κ1) is 21.7. The number of benzene rings is 3. The van der Waals surface area contributed by atoms with E-state index in [1.54, 1.807) is 48.3 Å². The summed E-state index contributed by atoms with van der Waals surface area (Å²) in [5.74, 6) is 0.758. The molecule has 34 heavy (non-hydrogen) atoms. The smallest absolute Gasteiger partial charge is 0.278 e. The van der Waals surface area contributed by atoms with Gasteiger partial charge in [0.25, 0.3) is 5.91 Å². The highest BCUT2D eigenvalue weighted by Gasteiger charge is 2.21. The van der Waals surface area contributed by atoms with E-state index in [-0.39, 0.29) is 12.3 Å². The first-order chi connectivity index (χ1) is 16.6. The Kier molecular flexibility index (Phi) is 6.01. The summed E-state index contributed by atoms with van der Waals surface area (Å²) in [6.07, 6.45) is 3.40. The van der Waals surface area contributed by atoms with Gasteiger partial charge in [0.1, 0.15) is 18.1 Å². The van der Waals surface area contributed by atoms with Crippen LogP contribution in [0.4, 0.5) is 5.69 Å². The molecular formula is C26H21ClN4O3. The molecule has 0 saturated heterocycles. The van der Waals surface area contributed by atoms with Gasteiger partial charge in [0.2, 0.25) is 0 Å². The maximum absolute atomic E-state index is 12.9. The van der Waals surface area contributed by atoms with Gasteiger partial charge in [-0.25, -0.2) is 0 Å². The molecule has 1 amide bonds. The molecule has 0 aliphatic carbocycles. The molecule has 1 N–H and O–H groups in total. The van der Waals surface area contributed by atoms with E-state index in [0.717, 1.165) is 5.56 Å². The summed E-state index contributed by atoms with van der Waals surface area (Å²) in [7, 11) is 0. The zero-order chi connectivity index (χ0) is 23.5. The van der Waals surface area contributed by atoms with E-state index in [2.05, 4.69) is 39.8 Å². The van der Waals surface area contributed by atoms with E-state index >= 15 is 0 Å². The van der Waals surface area contributed by atoms with Crippen LogP contribution in [0.5, 0.6) is 5.75 Å². The van der Waals surface area contributed by atoms with E-state index in [4.69, 9.17) is 20.9 Å². The van der Waals surface area contributed by atoms with Crippen LogP contribution in [0.3, 0.4) is 0 Å². The number of nitrogens with one attached hydrogen (secondary N) is 1. The van der Waals surface area contributed by atoms with Crippen LogP contribution in [-0.2, 0) is 13.2 Å². The lowest BCUT2D eigenvalue weighted by atomic mass is 10.0. The fourth-order valence-corrected chi connectivity index (χ4v) is 3.86. The molecule has 0 radical (unpaired) electrons. The minimum Gasteiger partial charge on any atom is -0.489 e. The van der Waals surface area contributed by atoms with Crippen LogP contribution in [0, 0.1) is 6.92 Å². The SMILES string of the molecule is Cc1onc(C(=O)Nc2cnn(Cc3cccc4ccccc34)c2)c1COc1ccc(Cl)cc1. The Bertz CT molecular complexity index is 1450. The number of rotatable bonds is 7. The van der Waals surface area contributed by atoms with Crippen molar-refractivity contribution in [3.05, 3.63) is 107 Å². The number of carbonyl (C=O) groups excluding carboxylic acids is 1. The molecule has 0 aliphatic rings. The average molecular weight is 473 g/mol. The molecular weight excluding hydrogens is 452 g/mol. The minimum absolute atomic E-state index is 0.139. The van der Waals surface area contributed by atoms with Crippen molar-refractivity contribution >= 4 is 34.0 Å². The number of ether oxygens (including phenoxy) is 1. The summed E-state index contributed by atoms with van der Waals surface area (Å²) in [5.41, 5.74) is 2.46. The van der Waals surface area contributed by atoms with Gasteiger partial charge >= 0.3 is 0 Å². The van der Waals surface area contributed by atoms with Crippen molar-refractivity contribution in [3.8, 4) is 5.75 Å². The van der Waals surface area contributed by atoms with Crippen molar-refractivity contribution in [1.82, 2.24) is 14.9 Å². The van der Waals surface area contributed by atoms with Crippen LogP contribution in [0.1, 0.15) is 27.4 Å². The zero-order valence-electron chi connectivity index (χ0n) is 18.4. The summed E-state index contributed by atoms with van der Waals surface area (Å²) in [4.78, 5) is 12.9. The molecule has 2 aromatic heterocycles. The van der Waals surface area contributed by atoms with Gasteiger partial charge in [0.15, 0.2) is 5.69 Å². The van der Waals surface area contributed by atoms with Gasteiger partial charge in [-0.05, 0) is 47.5 Å². The molecule has 5 rings (SSSR count). The largest absolute Gasteiger partial charge is 0.489 e. The van der Waals surface area contributed by atoms with Crippen LogP contribution < -0.4 is 10.1 Å². The Labute approximate surface area is 200 Å². The quantitative estimate of drug-likeness (QED) is 0.320. The van der Waals surface area contributed by atoms with Crippen LogP contribution in [0.15, 0.2) is 83.6 Å². The van der Waals surface area contributed by atoms with Gasteiger partial charge in [-0.15, -0.1) is 0 Å². The number of amides is 1. The third-order valence-electron chi connectivity index (χ3n) is 5.50. The summed E-state index contributed by atoms with van der Waals surface area (Å²) >= 11 is 5.91. The molecule has 3 aromatic carbocycles. The van der Waals surface area contributed by atoms with Crippen molar-refractivity contribution in [2.45, 2.75) is 20.1 Å². The third-order valence-corrected chi connectivity index (χ3v) is 5.75. The molecule has 8 heteroatoms. The Morgan fingerprint density at radius 1 is 1.09 bits per heavy atom.